The Hall–Kier alpha value is -0.750. The standard InChI is InChI=1S/C18H34N2O3S/c1-8-15(20-24(22)18(5,6)7)13-9-11-14(12-10-13)19-16(21)23-17(2,3)4/h13-14H,8-12H2,1-7H3,(H,19,21). The Morgan fingerprint density at radius 2 is 1.71 bits per heavy atom. The number of alkyl carbamates (subject to hydrolysis) is 1. The van der Waals surface area contributed by atoms with E-state index < -0.39 is 17.0 Å². The maximum absolute atomic E-state index is 12.3. The fourth-order valence-electron chi connectivity index (χ4n) is 2.72. The third kappa shape index (κ3) is 7.43. The van der Waals surface area contributed by atoms with Gasteiger partial charge in [0.05, 0.1) is 5.71 Å². The summed E-state index contributed by atoms with van der Waals surface area (Å²) in [4.78, 5) is 11.9. The van der Waals surface area contributed by atoms with E-state index in [0.717, 1.165) is 37.8 Å². The number of hydrogen-bond donors (Lipinski definition) is 1. The van der Waals surface area contributed by atoms with Gasteiger partial charge in [0.1, 0.15) is 21.7 Å². The maximum Gasteiger partial charge on any atom is 0.407 e. The molecule has 0 aromatic heterocycles. The Kier molecular flexibility index (Phi) is 7.60. The van der Waals surface area contributed by atoms with Gasteiger partial charge in [-0.1, -0.05) is 11.3 Å². The summed E-state index contributed by atoms with van der Waals surface area (Å²) in [6.45, 7) is 13.5. The smallest absolute Gasteiger partial charge is 0.407 e. The number of nitrogens with zero attached hydrogens (tertiary/aromatic N) is 1. The molecule has 1 atom stereocenters. The molecule has 0 aromatic rings. The number of ether oxygens (including phenoxy) is 1. The zero-order chi connectivity index (χ0) is 18.5. The summed E-state index contributed by atoms with van der Waals surface area (Å²) < 4.78 is 21.8. The minimum atomic E-state index is -1.20. The lowest BCUT2D eigenvalue weighted by molar-refractivity contribution is 0.0490. The lowest BCUT2D eigenvalue weighted by Gasteiger charge is -2.30. The van der Waals surface area contributed by atoms with Crippen molar-refractivity contribution >= 4 is 23.2 Å². The molecule has 0 spiro atoms. The zero-order valence-electron chi connectivity index (χ0n) is 16.3. The van der Waals surface area contributed by atoms with Gasteiger partial charge in [-0.05, 0) is 73.6 Å². The second-order valence-corrected chi connectivity index (χ2v) is 10.4. The molecule has 0 saturated heterocycles. The van der Waals surface area contributed by atoms with Crippen LogP contribution in [-0.4, -0.2) is 32.7 Å². The first-order valence-electron chi connectivity index (χ1n) is 8.91. The number of hydrogen-bond acceptors (Lipinski definition) is 4. The van der Waals surface area contributed by atoms with Crippen LogP contribution in [0.2, 0.25) is 0 Å². The molecule has 1 aliphatic carbocycles. The van der Waals surface area contributed by atoms with Crippen LogP contribution in [0.25, 0.3) is 0 Å². The SMILES string of the molecule is CCC(=N[S+]([O-])C(C)(C)C)C1CCC(NC(=O)OC(C)(C)C)CC1. The molecule has 0 aromatic carbocycles. The second kappa shape index (κ2) is 8.56. The van der Waals surface area contributed by atoms with E-state index in [2.05, 4.69) is 16.6 Å². The van der Waals surface area contributed by atoms with Crippen LogP contribution >= 0.6 is 0 Å². The van der Waals surface area contributed by atoms with E-state index in [1.165, 1.54) is 0 Å². The average molecular weight is 359 g/mol. The van der Waals surface area contributed by atoms with Crippen molar-refractivity contribution in [2.75, 3.05) is 0 Å². The molecule has 0 radical (unpaired) electrons. The predicted octanol–water partition coefficient (Wildman–Crippen LogP) is 4.38. The second-order valence-electron chi connectivity index (χ2n) is 8.49. The average Bonchev–Trinajstić information content (AvgIpc) is 2.42. The Morgan fingerprint density at radius 1 is 1.17 bits per heavy atom. The van der Waals surface area contributed by atoms with Gasteiger partial charge in [-0.25, -0.2) is 4.79 Å². The maximum atomic E-state index is 12.3. The molecule has 0 bridgehead atoms. The minimum Gasteiger partial charge on any atom is -0.591 e. The van der Waals surface area contributed by atoms with Crippen LogP contribution in [0.1, 0.15) is 80.6 Å². The number of nitrogens with one attached hydrogen (secondary N) is 1. The van der Waals surface area contributed by atoms with Crippen LogP contribution in [0.4, 0.5) is 4.79 Å². The van der Waals surface area contributed by atoms with Gasteiger partial charge in [-0.3, -0.25) is 0 Å². The fraction of sp³-hybridized carbons (Fsp3) is 0.889. The molecule has 1 fully saturated rings. The van der Waals surface area contributed by atoms with Crippen molar-refractivity contribution in [2.24, 2.45) is 10.3 Å². The minimum absolute atomic E-state index is 0.155. The highest BCUT2D eigenvalue weighted by molar-refractivity contribution is 7.91. The fourth-order valence-corrected chi connectivity index (χ4v) is 3.48. The van der Waals surface area contributed by atoms with Crippen molar-refractivity contribution in [2.45, 2.75) is 97.0 Å². The molecule has 1 unspecified atom stereocenters. The Morgan fingerprint density at radius 3 is 2.12 bits per heavy atom. The van der Waals surface area contributed by atoms with Gasteiger partial charge in [0.15, 0.2) is 0 Å². The summed E-state index contributed by atoms with van der Waals surface area (Å²) in [6.07, 6.45) is 4.24. The highest BCUT2D eigenvalue weighted by Crippen LogP contribution is 2.28. The van der Waals surface area contributed by atoms with Gasteiger partial charge >= 0.3 is 6.09 Å². The van der Waals surface area contributed by atoms with Crippen molar-refractivity contribution in [3.63, 3.8) is 0 Å². The number of amides is 1. The van der Waals surface area contributed by atoms with Crippen LogP contribution in [0, 0.1) is 5.92 Å². The number of rotatable bonds is 4. The lowest BCUT2D eigenvalue weighted by atomic mass is 9.82. The summed E-state index contributed by atoms with van der Waals surface area (Å²) in [6, 6.07) is 0.155. The molecule has 1 aliphatic rings. The molecule has 0 aliphatic heterocycles. The van der Waals surface area contributed by atoms with E-state index in [1.807, 2.05) is 41.5 Å². The first-order valence-corrected chi connectivity index (χ1v) is 10.0. The van der Waals surface area contributed by atoms with Crippen molar-refractivity contribution in [1.82, 2.24) is 5.32 Å². The van der Waals surface area contributed by atoms with E-state index >= 15 is 0 Å². The van der Waals surface area contributed by atoms with Crippen LogP contribution in [0.5, 0.6) is 0 Å². The molecular formula is C18H34N2O3S. The van der Waals surface area contributed by atoms with Crippen molar-refractivity contribution in [3.8, 4) is 0 Å². The number of carbonyl (C=O) groups is 1. The molecular weight excluding hydrogens is 324 g/mol. The van der Waals surface area contributed by atoms with Gasteiger partial charge in [0.2, 0.25) is 0 Å². The van der Waals surface area contributed by atoms with Gasteiger partial charge in [-0.15, -0.1) is 0 Å². The Balaban J connectivity index is 2.55. The molecule has 140 valence electrons. The summed E-state index contributed by atoms with van der Waals surface area (Å²) in [5, 5.41) is 2.96. The molecule has 24 heavy (non-hydrogen) atoms. The number of carbonyl (C=O) groups excluding carboxylic acids is 1. The monoisotopic (exact) mass is 358 g/mol. The van der Waals surface area contributed by atoms with Crippen molar-refractivity contribution in [1.29, 1.82) is 0 Å². The Bertz CT molecular complexity index is 444. The van der Waals surface area contributed by atoms with Crippen molar-refractivity contribution in [3.05, 3.63) is 0 Å². The van der Waals surface area contributed by atoms with Gasteiger partial charge in [-0.2, -0.15) is 0 Å². The molecule has 1 rings (SSSR count). The van der Waals surface area contributed by atoms with Crippen LogP contribution in [0.15, 0.2) is 4.40 Å². The first kappa shape index (κ1) is 21.3. The Labute approximate surface area is 150 Å². The summed E-state index contributed by atoms with van der Waals surface area (Å²) in [5.41, 5.74) is 0.583. The predicted molar refractivity (Wildman–Crippen MR) is 101 cm³/mol. The highest BCUT2D eigenvalue weighted by atomic mass is 32.2. The topological polar surface area (TPSA) is 73.8 Å². The molecule has 0 heterocycles. The summed E-state index contributed by atoms with van der Waals surface area (Å²) >= 11 is -1.20. The van der Waals surface area contributed by atoms with Gasteiger partial charge in [0, 0.05) is 12.0 Å². The van der Waals surface area contributed by atoms with E-state index in [4.69, 9.17) is 4.74 Å². The molecule has 1 N–H and O–H groups in total. The lowest BCUT2D eigenvalue weighted by Crippen LogP contribution is -2.41. The first-order chi connectivity index (χ1) is 10.9. The van der Waals surface area contributed by atoms with Gasteiger partial charge < -0.3 is 14.6 Å². The molecule has 1 amide bonds. The summed E-state index contributed by atoms with van der Waals surface area (Å²) in [7, 11) is 0. The quantitative estimate of drug-likeness (QED) is 0.598. The summed E-state index contributed by atoms with van der Waals surface area (Å²) in [5.74, 6) is 0.373. The van der Waals surface area contributed by atoms with Crippen LogP contribution in [-0.2, 0) is 16.1 Å². The zero-order valence-corrected chi connectivity index (χ0v) is 17.1. The van der Waals surface area contributed by atoms with E-state index in [0.29, 0.717) is 5.92 Å². The molecule has 5 nitrogen and oxygen atoms in total. The van der Waals surface area contributed by atoms with E-state index in [1.54, 1.807) is 0 Å². The largest absolute Gasteiger partial charge is 0.591 e. The normalized spacial score (nSPS) is 24.4. The third-order valence-electron chi connectivity index (χ3n) is 4.01. The molecule has 1 saturated carbocycles. The van der Waals surface area contributed by atoms with Crippen LogP contribution < -0.4 is 5.32 Å². The van der Waals surface area contributed by atoms with E-state index in [9.17, 15) is 9.35 Å². The van der Waals surface area contributed by atoms with Crippen molar-refractivity contribution < 1.29 is 14.1 Å². The van der Waals surface area contributed by atoms with Gasteiger partial charge in [0.25, 0.3) is 0 Å². The van der Waals surface area contributed by atoms with E-state index in [-0.39, 0.29) is 16.9 Å². The molecule has 6 heteroatoms. The highest BCUT2D eigenvalue weighted by Gasteiger charge is 2.31. The third-order valence-corrected chi connectivity index (χ3v) is 5.45. The van der Waals surface area contributed by atoms with Crippen LogP contribution in [0.3, 0.4) is 0 Å².